The van der Waals surface area contributed by atoms with Crippen LogP contribution in [0.15, 0.2) is 23.3 Å². The molecule has 0 unspecified atom stereocenters. The van der Waals surface area contributed by atoms with Crippen LogP contribution in [0.2, 0.25) is 0 Å². The molecule has 1 saturated heterocycles. The second-order valence-corrected chi connectivity index (χ2v) is 4.84. The van der Waals surface area contributed by atoms with Gasteiger partial charge in [0.2, 0.25) is 0 Å². The molecule has 0 radical (unpaired) electrons. The maximum atomic E-state index is 9.58. The number of benzene rings is 1. The van der Waals surface area contributed by atoms with Gasteiger partial charge in [0.15, 0.2) is 16.6 Å². The summed E-state index contributed by atoms with van der Waals surface area (Å²) < 4.78 is 5.46. The molecule has 0 amide bonds. The average molecular weight is 295 g/mol. The van der Waals surface area contributed by atoms with Gasteiger partial charge in [-0.2, -0.15) is 5.10 Å². The molecule has 1 atom stereocenters. The van der Waals surface area contributed by atoms with Crippen molar-refractivity contribution in [1.29, 1.82) is 0 Å². The molecule has 1 fully saturated rings. The number of nitrogens with one attached hydrogen (secondary N) is 2. The van der Waals surface area contributed by atoms with Crippen molar-refractivity contribution in [2.45, 2.75) is 18.9 Å². The molecule has 20 heavy (non-hydrogen) atoms. The summed E-state index contributed by atoms with van der Waals surface area (Å²) in [6.45, 7) is 1.46. The molecule has 0 aliphatic carbocycles. The molecule has 108 valence electrons. The van der Waals surface area contributed by atoms with Crippen molar-refractivity contribution in [2.24, 2.45) is 5.10 Å². The van der Waals surface area contributed by atoms with E-state index in [1.165, 1.54) is 12.3 Å². The minimum absolute atomic E-state index is 0.187. The van der Waals surface area contributed by atoms with E-state index in [1.807, 2.05) is 0 Å². The van der Waals surface area contributed by atoms with Crippen molar-refractivity contribution in [3.63, 3.8) is 0 Å². The smallest absolute Gasteiger partial charge is 0.187 e. The third-order valence-corrected chi connectivity index (χ3v) is 3.17. The fourth-order valence-electron chi connectivity index (χ4n) is 1.86. The molecule has 2 rings (SSSR count). The molecule has 0 spiro atoms. The molecule has 1 aromatic rings. The monoisotopic (exact) mass is 295 g/mol. The summed E-state index contributed by atoms with van der Waals surface area (Å²) in [6.07, 6.45) is 3.71. The van der Waals surface area contributed by atoms with Gasteiger partial charge in [0, 0.05) is 18.7 Å². The molecule has 1 heterocycles. The number of hydrazone groups is 1. The maximum absolute atomic E-state index is 9.58. The second kappa shape index (κ2) is 7.06. The van der Waals surface area contributed by atoms with E-state index in [0.717, 1.165) is 19.4 Å². The summed E-state index contributed by atoms with van der Waals surface area (Å²) >= 11 is 5.06. The zero-order valence-electron chi connectivity index (χ0n) is 10.9. The Kier molecular flexibility index (Phi) is 5.14. The molecule has 1 aliphatic rings. The SMILES string of the molecule is Oc1cccc(/C=N/NC(=S)NC[C@H]2CCCO2)c1O. The van der Waals surface area contributed by atoms with Gasteiger partial charge in [-0.05, 0) is 37.2 Å². The Balaban J connectivity index is 1.77. The summed E-state index contributed by atoms with van der Waals surface area (Å²) in [6, 6.07) is 4.64. The molecular formula is C13H17N3O3S. The minimum Gasteiger partial charge on any atom is -0.504 e. The van der Waals surface area contributed by atoms with Crippen LogP contribution in [0.25, 0.3) is 0 Å². The molecule has 4 N–H and O–H groups in total. The molecular weight excluding hydrogens is 278 g/mol. The molecule has 7 heteroatoms. The van der Waals surface area contributed by atoms with E-state index >= 15 is 0 Å². The number of thiocarbonyl (C=S) groups is 1. The van der Waals surface area contributed by atoms with E-state index in [4.69, 9.17) is 17.0 Å². The highest BCUT2D eigenvalue weighted by Gasteiger charge is 2.14. The Hall–Kier alpha value is -1.86. The van der Waals surface area contributed by atoms with Crippen molar-refractivity contribution in [2.75, 3.05) is 13.2 Å². The number of phenols is 2. The summed E-state index contributed by atoms with van der Waals surface area (Å²) in [5.74, 6) is -0.399. The second-order valence-electron chi connectivity index (χ2n) is 4.43. The highest BCUT2D eigenvalue weighted by atomic mass is 32.1. The lowest BCUT2D eigenvalue weighted by atomic mass is 10.2. The van der Waals surface area contributed by atoms with Gasteiger partial charge in [0.25, 0.3) is 0 Å². The van der Waals surface area contributed by atoms with Crippen molar-refractivity contribution in [3.8, 4) is 11.5 Å². The van der Waals surface area contributed by atoms with E-state index in [9.17, 15) is 10.2 Å². The number of hydrogen-bond donors (Lipinski definition) is 4. The predicted molar refractivity (Wildman–Crippen MR) is 80.1 cm³/mol. The number of hydrogen-bond acceptors (Lipinski definition) is 5. The number of para-hydroxylation sites is 1. The first kappa shape index (κ1) is 14.5. The predicted octanol–water partition coefficient (Wildman–Crippen LogP) is 1.07. The van der Waals surface area contributed by atoms with E-state index < -0.39 is 0 Å². The zero-order chi connectivity index (χ0) is 14.4. The fourth-order valence-corrected chi connectivity index (χ4v) is 2.00. The molecule has 0 saturated carbocycles. The molecule has 6 nitrogen and oxygen atoms in total. The summed E-state index contributed by atoms with van der Waals surface area (Å²) in [7, 11) is 0. The van der Waals surface area contributed by atoms with Gasteiger partial charge in [0.1, 0.15) is 0 Å². The van der Waals surface area contributed by atoms with Crippen LogP contribution in [-0.4, -0.2) is 40.8 Å². The minimum atomic E-state index is -0.212. The maximum Gasteiger partial charge on any atom is 0.187 e. The number of phenolic OH excluding ortho intramolecular Hbond substituents is 2. The standard InChI is InChI=1S/C13H17N3O3S/c17-11-5-1-3-9(12(11)18)7-15-16-13(20)14-8-10-4-2-6-19-10/h1,3,5,7,10,17-18H,2,4,6,8H2,(H2,14,16,20)/b15-7+/t10-/m1/s1. The number of aromatic hydroxyl groups is 2. The Morgan fingerprint density at radius 1 is 1.50 bits per heavy atom. The Labute approximate surface area is 122 Å². The van der Waals surface area contributed by atoms with Crippen LogP contribution in [0.5, 0.6) is 11.5 Å². The quantitative estimate of drug-likeness (QED) is 0.288. The largest absolute Gasteiger partial charge is 0.504 e. The Morgan fingerprint density at radius 3 is 3.10 bits per heavy atom. The van der Waals surface area contributed by atoms with Crippen LogP contribution < -0.4 is 10.7 Å². The van der Waals surface area contributed by atoms with Crippen molar-refractivity contribution < 1.29 is 14.9 Å². The zero-order valence-corrected chi connectivity index (χ0v) is 11.7. The summed E-state index contributed by atoms with van der Waals surface area (Å²) in [5.41, 5.74) is 3.05. The third kappa shape index (κ3) is 4.07. The number of nitrogens with zero attached hydrogens (tertiary/aromatic N) is 1. The fraction of sp³-hybridized carbons (Fsp3) is 0.385. The lowest BCUT2D eigenvalue weighted by Crippen LogP contribution is -2.37. The summed E-state index contributed by atoms with van der Waals surface area (Å²) in [5, 5.41) is 26.2. The van der Waals surface area contributed by atoms with Gasteiger partial charge in [0.05, 0.1) is 12.3 Å². The highest BCUT2D eigenvalue weighted by molar-refractivity contribution is 7.80. The number of ether oxygens (including phenoxy) is 1. The van der Waals surface area contributed by atoms with E-state index in [2.05, 4.69) is 15.8 Å². The highest BCUT2D eigenvalue weighted by Crippen LogP contribution is 2.26. The average Bonchev–Trinajstić information content (AvgIpc) is 2.94. The van der Waals surface area contributed by atoms with Crippen LogP contribution >= 0.6 is 12.2 Å². The van der Waals surface area contributed by atoms with Crippen LogP contribution in [0.1, 0.15) is 18.4 Å². The topological polar surface area (TPSA) is 86.1 Å². The van der Waals surface area contributed by atoms with Crippen molar-refractivity contribution >= 4 is 23.5 Å². The normalized spacial score (nSPS) is 18.3. The first-order chi connectivity index (χ1) is 9.66. The Bertz CT molecular complexity index is 502. The lowest BCUT2D eigenvalue weighted by molar-refractivity contribution is 0.114. The van der Waals surface area contributed by atoms with Crippen LogP contribution in [0.3, 0.4) is 0 Å². The van der Waals surface area contributed by atoms with Crippen LogP contribution in [0.4, 0.5) is 0 Å². The van der Waals surface area contributed by atoms with E-state index in [1.54, 1.807) is 12.1 Å². The summed E-state index contributed by atoms with van der Waals surface area (Å²) in [4.78, 5) is 0. The van der Waals surface area contributed by atoms with Gasteiger partial charge in [-0.1, -0.05) is 6.07 Å². The molecule has 1 aromatic carbocycles. The van der Waals surface area contributed by atoms with Gasteiger partial charge in [-0.25, -0.2) is 0 Å². The molecule has 0 aromatic heterocycles. The van der Waals surface area contributed by atoms with Gasteiger partial charge in [-0.15, -0.1) is 0 Å². The number of rotatable bonds is 4. The lowest BCUT2D eigenvalue weighted by Gasteiger charge is -2.11. The van der Waals surface area contributed by atoms with Crippen molar-refractivity contribution in [3.05, 3.63) is 23.8 Å². The first-order valence-electron chi connectivity index (χ1n) is 6.36. The van der Waals surface area contributed by atoms with Gasteiger partial charge >= 0.3 is 0 Å². The van der Waals surface area contributed by atoms with Gasteiger partial charge < -0.3 is 20.3 Å². The molecule has 0 bridgehead atoms. The third-order valence-electron chi connectivity index (χ3n) is 2.93. The first-order valence-corrected chi connectivity index (χ1v) is 6.77. The van der Waals surface area contributed by atoms with Crippen LogP contribution in [-0.2, 0) is 4.74 Å². The van der Waals surface area contributed by atoms with Crippen LogP contribution in [0, 0.1) is 0 Å². The van der Waals surface area contributed by atoms with Crippen molar-refractivity contribution in [1.82, 2.24) is 10.7 Å². The van der Waals surface area contributed by atoms with Gasteiger partial charge in [-0.3, -0.25) is 5.43 Å². The molecule has 1 aliphatic heterocycles. The Morgan fingerprint density at radius 2 is 2.35 bits per heavy atom. The van der Waals surface area contributed by atoms with E-state index in [-0.39, 0.29) is 17.6 Å². The van der Waals surface area contributed by atoms with E-state index in [0.29, 0.717) is 17.2 Å².